The molecule has 1 amide bonds. The molecule has 2 atom stereocenters. The van der Waals surface area contributed by atoms with Crippen LogP contribution in [0.3, 0.4) is 0 Å². The fourth-order valence-electron chi connectivity index (χ4n) is 4.26. The zero-order valence-electron chi connectivity index (χ0n) is 20.4. The highest BCUT2D eigenvalue weighted by Crippen LogP contribution is 2.33. The van der Waals surface area contributed by atoms with E-state index >= 15 is 0 Å². The minimum Gasteiger partial charge on any atom is -0.439 e. The van der Waals surface area contributed by atoms with Crippen LogP contribution in [0.15, 0.2) is 41.0 Å². The topological polar surface area (TPSA) is 92.5 Å². The van der Waals surface area contributed by atoms with Crippen LogP contribution < -0.4 is 15.8 Å². The first-order valence-corrected chi connectivity index (χ1v) is 12.0. The maximum atomic E-state index is 13.1. The van der Waals surface area contributed by atoms with Crippen LogP contribution in [0.4, 0.5) is 5.69 Å². The van der Waals surface area contributed by atoms with Gasteiger partial charge in [0.2, 0.25) is 5.90 Å². The number of aryl methyl sites for hydroxylation is 1. The van der Waals surface area contributed by atoms with Crippen molar-refractivity contribution < 1.29 is 9.53 Å². The van der Waals surface area contributed by atoms with E-state index < -0.39 is 0 Å². The lowest BCUT2D eigenvalue weighted by molar-refractivity contribution is 0.0911. The first-order valence-electron chi connectivity index (χ1n) is 12.0. The predicted molar refractivity (Wildman–Crippen MR) is 133 cm³/mol. The maximum Gasteiger partial charge on any atom is 0.255 e. The van der Waals surface area contributed by atoms with E-state index in [2.05, 4.69) is 44.1 Å². The van der Waals surface area contributed by atoms with E-state index in [4.69, 9.17) is 15.5 Å². The first-order chi connectivity index (χ1) is 15.7. The number of hydrogen-bond donors (Lipinski definition) is 3. The molecule has 4 rings (SSSR count). The standard InChI is InChI=1S/C27H36N4O2/c1-6-17-12-23-25(21(15-29-23)26(32)30-16(2)27(3,4)5)31-24(13-17)33-19-11-10-18-8-7-9-22(28)20(18)14-19/h10-11,13-16,22,29H,6-9,12,28H2,1-5H3,(H,30,32). The number of rotatable bonds is 4. The lowest BCUT2D eigenvalue weighted by Crippen LogP contribution is -2.41. The van der Waals surface area contributed by atoms with Gasteiger partial charge in [0, 0.05) is 36.5 Å². The largest absolute Gasteiger partial charge is 0.439 e. The highest BCUT2D eigenvalue weighted by molar-refractivity contribution is 6.02. The average Bonchev–Trinajstić information content (AvgIpc) is 3.06. The van der Waals surface area contributed by atoms with E-state index in [0.717, 1.165) is 42.7 Å². The fraction of sp³-hybridized carbons (Fsp3) is 0.481. The SMILES string of the molecule is CCC1=CC(Oc2ccc3c(c2)C(N)CCC3)=Nc2c(C(=O)NC(C)C(C)(C)C)c[nH]c2C1. The third-order valence-electron chi connectivity index (χ3n) is 6.93. The molecule has 0 saturated heterocycles. The molecule has 4 N–H and O–H groups in total. The number of H-pyrrole nitrogens is 1. The second kappa shape index (κ2) is 9.18. The number of benzene rings is 1. The number of nitrogens with one attached hydrogen (secondary N) is 2. The number of ether oxygens (including phenoxy) is 1. The van der Waals surface area contributed by atoms with Gasteiger partial charge < -0.3 is 20.8 Å². The number of carbonyl (C=O) groups is 1. The number of aromatic nitrogens is 1. The molecule has 0 radical (unpaired) electrons. The normalized spacial score (nSPS) is 18.9. The number of fused-ring (bicyclic) bond motifs is 2. The van der Waals surface area contributed by atoms with E-state index in [1.807, 2.05) is 25.1 Å². The van der Waals surface area contributed by atoms with Gasteiger partial charge in [0.1, 0.15) is 11.4 Å². The summed E-state index contributed by atoms with van der Waals surface area (Å²) < 4.78 is 6.25. The Morgan fingerprint density at radius 1 is 1.36 bits per heavy atom. The summed E-state index contributed by atoms with van der Waals surface area (Å²) in [6.45, 7) is 10.5. The summed E-state index contributed by atoms with van der Waals surface area (Å²) in [4.78, 5) is 21.2. The van der Waals surface area contributed by atoms with Gasteiger partial charge >= 0.3 is 0 Å². The minimum absolute atomic E-state index is 0.0186. The molecule has 0 saturated carbocycles. The van der Waals surface area contributed by atoms with Gasteiger partial charge in [-0.05, 0) is 61.3 Å². The third kappa shape index (κ3) is 5.06. The number of amides is 1. The highest BCUT2D eigenvalue weighted by Gasteiger charge is 2.26. The van der Waals surface area contributed by atoms with Gasteiger partial charge in [-0.25, -0.2) is 4.99 Å². The second-order valence-electron chi connectivity index (χ2n) is 10.3. The maximum absolute atomic E-state index is 13.1. The summed E-state index contributed by atoms with van der Waals surface area (Å²) in [5.74, 6) is 1.09. The molecular formula is C27H36N4O2. The zero-order chi connectivity index (χ0) is 23.8. The van der Waals surface area contributed by atoms with Gasteiger partial charge in [-0.15, -0.1) is 0 Å². The van der Waals surface area contributed by atoms with Crippen LogP contribution >= 0.6 is 0 Å². The highest BCUT2D eigenvalue weighted by atomic mass is 16.5. The van der Waals surface area contributed by atoms with Crippen molar-refractivity contribution in [2.45, 2.75) is 78.8 Å². The molecule has 1 aromatic heterocycles. The average molecular weight is 449 g/mol. The van der Waals surface area contributed by atoms with Crippen molar-refractivity contribution in [2.24, 2.45) is 16.1 Å². The Kier molecular flexibility index (Phi) is 6.48. The van der Waals surface area contributed by atoms with E-state index in [0.29, 0.717) is 23.6 Å². The molecule has 6 heteroatoms. The monoisotopic (exact) mass is 448 g/mol. The fourth-order valence-corrected chi connectivity index (χ4v) is 4.26. The van der Waals surface area contributed by atoms with E-state index in [9.17, 15) is 4.79 Å². The summed E-state index contributed by atoms with van der Waals surface area (Å²) in [6, 6.07) is 6.21. The summed E-state index contributed by atoms with van der Waals surface area (Å²) in [6.07, 6.45) is 8.51. The van der Waals surface area contributed by atoms with Gasteiger partial charge in [-0.3, -0.25) is 4.79 Å². The van der Waals surface area contributed by atoms with Gasteiger partial charge in [0.25, 0.3) is 5.91 Å². The van der Waals surface area contributed by atoms with Crippen LogP contribution in [0, 0.1) is 5.41 Å². The molecule has 2 heterocycles. The number of hydrogen-bond acceptors (Lipinski definition) is 4. The van der Waals surface area contributed by atoms with E-state index in [1.54, 1.807) is 6.20 Å². The van der Waals surface area contributed by atoms with Crippen molar-refractivity contribution in [3.05, 3.63) is 58.4 Å². The number of nitrogens with two attached hydrogens (primary N) is 1. The van der Waals surface area contributed by atoms with Gasteiger partial charge in [0.05, 0.1) is 5.56 Å². The summed E-state index contributed by atoms with van der Waals surface area (Å²) in [5.41, 5.74) is 12.1. The summed E-state index contributed by atoms with van der Waals surface area (Å²) >= 11 is 0. The molecule has 33 heavy (non-hydrogen) atoms. The van der Waals surface area contributed by atoms with Crippen molar-refractivity contribution >= 4 is 17.5 Å². The molecule has 2 aliphatic rings. The Hall–Kier alpha value is -2.86. The van der Waals surface area contributed by atoms with Gasteiger partial charge in [-0.2, -0.15) is 0 Å². The predicted octanol–water partition coefficient (Wildman–Crippen LogP) is 5.52. The molecule has 0 spiro atoms. The molecule has 2 unspecified atom stereocenters. The Balaban J connectivity index is 1.65. The number of nitrogens with zero attached hydrogens (tertiary/aromatic N) is 1. The Labute approximate surface area is 196 Å². The lowest BCUT2D eigenvalue weighted by atomic mass is 9.88. The van der Waals surface area contributed by atoms with Crippen LogP contribution in [0.2, 0.25) is 0 Å². The molecular weight excluding hydrogens is 412 g/mol. The Bertz CT molecular complexity index is 1100. The van der Waals surface area contributed by atoms with Crippen LogP contribution in [-0.4, -0.2) is 22.8 Å². The Morgan fingerprint density at radius 3 is 2.88 bits per heavy atom. The molecule has 0 bridgehead atoms. The number of allylic oxidation sites excluding steroid dienone is 1. The molecule has 176 valence electrons. The van der Waals surface area contributed by atoms with Crippen LogP contribution in [0.25, 0.3) is 0 Å². The number of aromatic amines is 1. The van der Waals surface area contributed by atoms with Crippen molar-refractivity contribution in [1.82, 2.24) is 10.3 Å². The first kappa shape index (κ1) is 23.3. The number of aliphatic imine (C=N–C) groups is 1. The number of carbonyl (C=O) groups excluding carboxylic acids is 1. The van der Waals surface area contributed by atoms with Gasteiger partial charge in [-0.1, -0.05) is 39.3 Å². The van der Waals surface area contributed by atoms with Gasteiger partial charge in [0.15, 0.2) is 0 Å². The van der Waals surface area contributed by atoms with Crippen molar-refractivity contribution in [1.29, 1.82) is 0 Å². The van der Waals surface area contributed by atoms with Crippen LogP contribution in [0.5, 0.6) is 5.75 Å². The quantitative estimate of drug-likeness (QED) is 0.575. The van der Waals surface area contributed by atoms with E-state index in [-0.39, 0.29) is 23.4 Å². The Morgan fingerprint density at radius 2 is 2.15 bits per heavy atom. The van der Waals surface area contributed by atoms with Crippen LogP contribution in [-0.2, 0) is 12.8 Å². The second-order valence-corrected chi connectivity index (χ2v) is 10.3. The molecule has 2 aromatic rings. The minimum atomic E-state index is -0.127. The van der Waals surface area contributed by atoms with Crippen molar-refractivity contribution in [3.8, 4) is 5.75 Å². The molecule has 6 nitrogen and oxygen atoms in total. The molecule has 1 aliphatic carbocycles. The zero-order valence-corrected chi connectivity index (χ0v) is 20.4. The molecule has 0 fully saturated rings. The summed E-state index contributed by atoms with van der Waals surface area (Å²) in [5, 5.41) is 3.12. The summed E-state index contributed by atoms with van der Waals surface area (Å²) in [7, 11) is 0. The van der Waals surface area contributed by atoms with Crippen molar-refractivity contribution in [3.63, 3.8) is 0 Å². The van der Waals surface area contributed by atoms with Crippen molar-refractivity contribution in [2.75, 3.05) is 0 Å². The lowest BCUT2D eigenvalue weighted by Gasteiger charge is -2.28. The van der Waals surface area contributed by atoms with Crippen LogP contribution in [0.1, 0.15) is 87.1 Å². The molecule has 1 aliphatic heterocycles. The molecule has 1 aromatic carbocycles. The third-order valence-corrected chi connectivity index (χ3v) is 6.93. The smallest absolute Gasteiger partial charge is 0.255 e. The van der Waals surface area contributed by atoms with E-state index in [1.165, 1.54) is 11.1 Å².